The number of carbonyl (C=O) groups excluding carboxylic acids is 2. The summed E-state index contributed by atoms with van der Waals surface area (Å²) in [5.74, 6) is -1.76. The number of likely N-dealkylation sites (N-methyl/N-ethyl adjacent to an activating group) is 1. The maximum absolute atomic E-state index is 12.9. The van der Waals surface area contributed by atoms with Crippen LogP contribution in [0.4, 0.5) is 22.2 Å². The van der Waals surface area contributed by atoms with Crippen LogP contribution in [0.1, 0.15) is 33.0 Å². The van der Waals surface area contributed by atoms with E-state index in [2.05, 4.69) is 25.8 Å². The van der Waals surface area contributed by atoms with Crippen molar-refractivity contribution in [2.75, 3.05) is 35.7 Å². The van der Waals surface area contributed by atoms with Crippen molar-refractivity contribution in [3.63, 3.8) is 0 Å². The van der Waals surface area contributed by atoms with Crippen LogP contribution < -0.4 is 26.6 Å². The van der Waals surface area contributed by atoms with E-state index in [-0.39, 0.29) is 22.4 Å². The van der Waals surface area contributed by atoms with Gasteiger partial charge in [0.2, 0.25) is 5.91 Å². The van der Waals surface area contributed by atoms with E-state index >= 15 is 0 Å². The van der Waals surface area contributed by atoms with Gasteiger partial charge in [0.1, 0.15) is 16.1 Å². The molecule has 1 aliphatic heterocycles. The number of thiazole rings is 1. The Morgan fingerprint density at radius 3 is 2.53 bits per heavy atom. The van der Waals surface area contributed by atoms with Gasteiger partial charge in [-0.1, -0.05) is 12.1 Å². The number of carboxylic acids is 1. The Morgan fingerprint density at radius 1 is 1.12 bits per heavy atom. The molecule has 2 aromatic heterocycles. The molecule has 0 unspecified atom stereocenters. The zero-order valence-electron chi connectivity index (χ0n) is 18.3. The van der Waals surface area contributed by atoms with E-state index in [1.165, 1.54) is 11.3 Å². The van der Waals surface area contributed by atoms with Crippen LogP contribution in [0.25, 0.3) is 0 Å². The van der Waals surface area contributed by atoms with Gasteiger partial charge in [-0.15, -0.1) is 22.7 Å². The minimum atomic E-state index is -1.02. The van der Waals surface area contributed by atoms with Gasteiger partial charge in [0.15, 0.2) is 5.13 Å². The van der Waals surface area contributed by atoms with E-state index in [0.717, 1.165) is 17.0 Å². The highest BCUT2D eigenvalue weighted by molar-refractivity contribution is 7.14. The maximum atomic E-state index is 12.9. The van der Waals surface area contributed by atoms with Crippen molar-refractivity contribution in [1.29, 1.82) is 0 Å². The van der Waals surface area contributed by atoms with E-state index < -0.39 is 11.5 Å². The molecule has 6 N–H and O–H groups in total. The number of carbonyl (C=O) groups is 3. The van der Waals surface area contributed by atoms with E-state index in [1.54, 1.807) is 23.9 Å². The monoisotopic (exact) mass is 500 g/mol. The van der Waals surface area contributed by atoms with Gasteiger partial charge in [-0.25, -0.2) is 9.78 Å². The third-order valence-corrected chi connectivity index (χ3v) is 7.56. The zero-order valence-corrected chi connectivity index (χ0v) is 20.0. The van der Waals surface area contributed by atoms with Gasteiger partial charge in [0, 0.05) is 18.5 Å². The van der Waals surface area contributed by atoms with E-state index in [4.69, 9.17) is 5.73 Å². The maximum Gasteiger partial charge on any atom is 0.348 e. The van der Waals surface area contributed by atoms with Crippen molar-refractivity contribution in [3.05, 3.63) is 51.7 Å². The second kappa shape index (κ2) is 9.79. The van der Waals surface area contributed by atoms with Gasteiger partial charge < -0.3 is 31.7 Å². The number of hydrogen-bond acceptors (Lipinski definition) is 9. The van der Waals surface area contributed by atoms with Gasteiger partial charge in [0.05, 0.1) is 17.1 Å². The molecule has 1 fully saturated rings. The normalized spacial score (nSPS) is 15.0. The molecule has 12 heteroatoms. The second-order valence-corrected chi connectivity index (χ2v) is 9.56. The number of hydrogen-bond donors (Lipinski definition) is 5. The van der Waals surface area contributed by atoms with Gasteiger partial charge in [-0.3, -0.25) is 9.59 Å². The van der Waals surface area contributed by atoms with Gasteiger partial charge in [-0.2, -0.15) is 0 Å². The van der Waals surface area contributed by atoms with Crippen LogP contribution in [-0.2, 0) is 4.79 Å². The quantitative estimate of drug-likeness (QED) is 0.317. The van der Waals surface area contributed by atoms with Crippen molar-refractivity contribution in [2.24, 2.45) is 5.73 Å². The predicted octanol–water partition coefficient (Wildman–Crippen LogP) is 2.94. The first-order chi connectivity index (χ1) is 16.3. The van der Waals surface area contributed by atoms with Crippen LogP contribution in [0.3, 0.4) is 0 Å². The minimum Gasteiger partial charge on any atom is -0.477 e. The summed E-state index contributed by atoms with van der Waals surface area (Å²) >= 11 is 2.32. The van der Waals surface area contributed by atoms with Crippen LogP contribution in [0.2, 0.25) is 0 Å². The molecule has 3 heterocycles. The lowest BCUT2D eigenvalue weighted by atomic mass is 9.86. The Labute approximate surface area is 203 Å². The summed E-state index contributed by atoms with van der Waals surface area (Å²) in [6, 6.07) is 9.12. The predicted molar refractivity (Wildman–Crippen MR) is 134 cm³/mol. The summed E-state index contributed by atoms with van der Waals surface area (Å²) in [4.78, 5) is 42.7. The summed E-state index contributed by atoms with van der Waals surface area (Å²) in [6.45, 7) is 1.21. The average Bonchev–Trinajstić information content (AvgIpc) is 3.49. The molecule has 0 saturated carbocycles. The Hall–Kier alpha value is -3.48. The van der Waals surface area contributed by atoms with E-state index in [1.807, 2.05) is 24.3 Å². The number of thiophene rings is 1. The fourth-order valence-electron chi connectivity index (χ4n) is 3.91. The standard InChI is InChI=1S/C22H24N6O4S2/c1-24-22(20(23)32)7-9-28(10-8-22)16-5-3-2-4-13(16)25-18(29)15-12-34-21(27-15)26-14-6-11-33-17(14)19(30)31/h2-6,11-12,24H,7-10H2,1H3,(H2,23,32)(H,25,29)(H,26,27)(H,30,31). The molecule has 0 spiro atoms. The van der Waals surface area contributed by atoms with Gasteiger partial charge in [0.25, 0.3) is 5.91 Å². The van der Waals surface area contributed by atoms with Crippen LogP contribution in [0.5, 0.6) is 0 Å². The van der Waals surface area contributed by atoms with Gasteiger partial charge >= 0.3 is 5.97 Å². The van der Waals surface area contributed by atoms with Crippen molar-refractivity contribution >= 4 is 62.7 Å². The molecule has 0 bridgehead atoms. The molecule has 1 aromatic carbocycles. The number of amides is 2. The third-order valence-electron chi connectivity index (χ3n) is 5.90. The summed E-state index contributed by atoms with van der Waals surface area (Å²) < 4.78 is 0. The number of carboxylic acid groups (broad SMARTS) is 1. The second-order valence-electron chi connectivity index (χ2n) is 7.79. The minimum absolute atomic E-state index is 0.176. The van der Waals surface area contributed by atoms with Crippen LogP contribution in [-0.4, -0.2) is 53.6 Å². The Morgan fingerprint density at radius 2 is 1.85 bits per heavy atom. The number of aromatic carboxylic acids is 1. The lowest BCUT2D eigenvalue weighted by Gasteiger charge is -2.41. The fraction of sp³-hybridized carbons (Fsp3) is 0.273. The molecule has 1 saturated heterocycles. The number of nitrogens with two attached hydrogens (primary N) is 1. The number of anilines is 4. The number of benzene rings is 1. The summed E-state index contributed by atoms with van der Waals surface area (Å²) in [5.41, 5.74) is 7.03. The highest BCUT2D eigenvalue weighted by Crippen LogP contribution is 2.32. The molecule has 3 aromatic rings. The number of nitrogens with zero attached hydrogens (tertiary/aromatic N) is 2. The summed E-state index contributed by atoms with van der Waals surface area (Å²) in [6.07, 6.45) is 1.12. The van der Waals surface area contributed by atoms with Crippen LogP contribution in [0.15, 0.2) is 41.1 Å². The Bertz CT molecular complexity index is 1220. The van der Waals surface area contributed by atoms with Crippen molar-refractivity contribution in [2.45, 2.75) is 18.4 Å². The Kier molecular flexibility index (Phi) is 6.82. The molecular formula is C22H24N6O4S2. The largest absolute Gasteiger partial charge is 0.477 e. The van der Waals surface area contributed by atoms with Crippen molar-refractivity contribution < 1.29 is 19.5 Å². The number of para-hydroxylation sites is 2. The molecule has 178 valence electrons. The lowest BCUT2D eigenvalue weighted by molar-refractivity contribution is -0.125. The van der Waals surface area contributed by atoms with Crippen LogP contribution in [0, 0.1) is 0 Å². The van der Waals surface area contributed by atoms with Gasteiger partial charge in [-0.05, 0) is 43.5 Å². The summed E-state index contributed by atoms with van der Waals surface area (Å²) in [5, 5.41) is 21.9. The number of aromatic nitrogens is 1. The molecule has 10 nitrogen and oxygen atoms in total. The molecule has 2 amide bonds. The number of nitrogens with one attached hydrogen (secondary N) is 3. The molecule has 0 aliphatic carbocycles. The molecule has 0 radical (unpaired) electrons. The van der Waals surface area contributed by atoms with E-state index in [9.17, 15) is 19.5 Å². The fourth-order valence-corrected chi connectivity index (χ4v) is 5.30. The molecule has 1 aliphatic rings. The zero-order chi connectivity index (χ0) is 24.3. The average molecular weight is 501 g/mol. The third kappa shape index (κ3) is 4.74. The summed E-state index contributed by atoms with van der Waals surface area (Å²) in [7, 11) is 1.74. The first-order valence-electron chi connectivity index (χ1n) is 10.5. The van der Waals surface area contributed by atoms with Crippen molar-refractivity contribution in [1.82, 2.24) is 10.3 Å². The highest BCUT2D eigenvalue weighted by atomic mass is 32.1. The highest BCUT2D eigenvalue weighted by Gasteiger charge is 2.38. The molecular weight excluding hydrogens is 476 g/mol. The topological polar surface area (TPSA) is 150 Å². The molecule has 34 heavy (non-hydrogen) atoms. The number of primary amides is 1. The first kappa shape index (κ1) is 23.7. The van der Waals surface area contributed by atoms with E-state index in [0.29, 0.717) is 42.4 Å². The molecule has 0 atom stereocenters. The van der Waals surface area contributed by atoms with Crippen molar-refractivity contribution in [3.8, 4) is 0 Å². The number of piperidine rings is 1. The first-order valence-corrected chi connectivity index (χ1v) is 12.3. The SMILES string of the molecule is CNC1(C(N)=O)CCN(c2ccccc2NC(=O)c2csc(Nc3ccsc3C(=O)O)n2)CC1. The lowest BCUT2D eigenvalue weighted by Crippen LogP contribution is -2.59. The van der Waals surface area contributed by atoms with Crippen LogP contribution >= 0.6 is 22.7 Å². The number of rotatable bonds is 8. The Balaban J connectivity index is 1.45. The molecule has 4 rings (SSSR count). The smallest absolute Gasteiger partial charge is 0.348 e.